The van der Waals surface area contributed by atoms with Crippen molar-refractivity contribution in [3.8, 4) is 5.75 Å². The molecule has 2 rings (SSSR count). The Morgan fingerprint density at radius 2 is 2.33 bits per heavy atom. The molecule has 0 bridgehead atoms. The van der Waals surface area contributed by atoms with E-state index in [1.54, 1.807) is 6.20 Å². The van der Waals surface area contributed by atoms with Gasteiger partial charge in [-0.2, -0.15) is 5.10 Å². The molecule has 0 aliphatic rings. The van der Waals surface area contributed by atoms with Gasteiger partial charge in [0.25, 0.3) is 0 Å². The Hall–Kier alpha value is -1.33. The van der Waals surface area contributed by atoms with Crippen LogP contribution in [-0.4, -0.2) is 16.8 Å². The number of aromatic nitrogens is 2. The number of thiophene rings is 1. The summed E-state index contributed by atoms with van der Waals surface area (Å²) in [6, 6.07) is 2.21. The minimum absolute atomic E-state index is 0.613. The summed E-state index contributed by atoms with van der Waals surface area (Å²) in [7, 11) is 1.96. The minimum atomic E-state index is 0.613. The van der Waals surface area contributed by atoms with Crippen molar-refractivity contribution in [1.29, 1.82) is 0 Å². The Morgan fingerprint density at radius 3 is 3.00 bits per heavy atom. The van der Waals surface area contributed by atoms with Crippen LogP contribution in [-0.2, 0) is 19.7 Å². The van der Waals surface area contributed by atoms with Gasteiger partial charge in [0.05, 0.1) is 12.4 Å². The fourth-order valence-electron chi connectivity index (χ4n) is 1.75. The molecule has 4 nitrogen and oxygen atoms in total. The number of nitrogens with zero attached hydrogens (tertiary/aromatic N) is 2. The lowest BCUT2D eigenvalue weighted by molar-refractivity contribution is 0.305. The van der Waals surface area contributed by atoms with Gasteiger partial charge in [-0.1, -0.05) is 0 Å². The summed E-state index contributed by atoms with van der Waals surface area (Å²) in [5, 5.41) is 7.35. The largest absolute Gasteiger partial charge is 0.486 e. The molecule has 0 fully saturated rings. The second-order valence-corrected chi connectivity index (χ2v) is 5.49. The van der Waals surface area contributed by atoms with Gasteiger partial charge in [0, 0.05) is 28.4 Å². The van der Waals surface area contributed by atoms with Crippen LogP contribution in [0.3, 0.4) is 0 Å². The number of hydrogen-bond donors (Lipinski definition) is 1. The first kappa shape index (κ1) is 13.1. The molecule has 0 aromatic carbocycles. The first-order valence-electron chi connectivity index (χ1n) is 6.11. The number of hydrogen-bond acceptors (Lipinski definition) is 4. The molecular weight excluding hydrogens is 246 g/mol. The maximum Gasteiger partial charge on any atom is 0.157 e. The van der Waals surface area contributed by atoms with Gasteiger partial charge in [-0.3, -0.25) is 4.68 Å². The first-order chi connectivity index (χ1) is 8.72. The van der Waals surface area contributed by atoms with E-state index in [9.17, 15) is 0 Å². The van der Waals surface area contributed by atoms with E-state index in [1.807, 2.05) is 29.3 Å². The maximum absolute atomic E-state index is 5.75. The average Bonchev–Trinajstić information content (AvgIpc) is 2.94. The fraction of sp³-hybridized carbons (Fsp3) is 0.462. The zero-order chi connectivity index (χ0) is 13.0. The third-order valence-electron chi connectivity index (χ3n) is 2.75. The van der Waals surface area contributed by atoms with Crippen molar-refractivity contribution >= 4 is 11.3 Å². The van der Waals surface area contributed by atoms with Crippen LogP contribution < -0.4 is 10.1 Å². The quantitative estimate of drug-likeness (QED) is 0.872. The predicted molar refractivity (Wildman–Crippen MR) is 74.1 cm³/mol. The van der Waals surface area contributed by atoms with Crippen LogP contribution in [0.25, 0.3) is 0 Å². The monoisotopic (exact) mass is 265 g/mol. The molecule has 0 saturated heterocycles. The third kappa shape index (κ3) is 3.11. The summed E-state index contributed by atoms with van der Waals surface area (Å²) in [4.78, 5) is 2.67. The van der Waals surface area contributed by atoms with E-state index in [4.69, 9.17) is 4.74 Å². The lowest BCUT2D eigenvalue weighted by Gasteiger charge is -2.02. The van der Waals surface area contributed by atoms with Crippen LogP contribution in [0.4, 0.5) is 0 Å². The molecule has 18 heavy (non-hydrogen) atoms. The topological polar surface area (TPSA) is 39.1 Å². The van der Waals surface area contributed by atoms with Gasteiger partial charge < -0.3 is 10.1 Å². The highest BCUT2D eigenvalue weighted by molar-refractivity contribution is 7.12. The lowest BCUT2D eigenvalue weighted by atomic mass is 10.2. The van der Waals surface area contributed by atoms with Crippen LogP contribution in [0.1, 0.15) is 22.2 Å². The lowest BCUT2D eigenvalue weighted by Crippen LogP contribution is -2.02. The molecular formula is C13H19N3OS. The van der Waals surface area contributed by atoms with Gasteiger partial charge in [0.2, 0.25) is 0 Å². The average molecular weight is 265 g/mol. The van der Waals surface area contributed by atoms with Crippen LogP contribution in [0.2, 0.25) is 0 Å². The van der Waals surface area contributed by atoms with E-state index in [0.29, 0.717) is 6.61 Å². The zero-order valence-corrected chi connectivity index (χ0v) is 11.9. The number of aryl methyl sites for hydroxylation is 2. The van der Waals surface area contributed by atoms with E-state index in [-0.39, 0.29) is 0 Å². The van der Waals surface area contributed by atoms with Crippen molar-refractivity contribution in [3.63, 3.8) is 0 Å². The highest BCUT2D eigenvalue weighted by Gasteiger charge is 2.06. The second kappa shape index (κ2) is 6.02. The van der Waals surface area contributed by atoms with Crippen molar-refractivity contribution in [2.45, 2.75) is 33.5 Å². The van der Waals surface area contributed by atoms with Crippen LogP contribution >= 0.6 is 11.3 Å². The Labute approximate surface area is 112 Å². The Balaban J connectivity index is 1.96. The molecule has 0 atom stereocenters. The smallest absolute Gasteiger partial charge is 0.157 e. The Morgan fingerprint density at radius 1 is 1.50 bits per heavy atom. The van der Waals surface area contributed by atoms with E-state index < -0.39 is 0 Å². The van der Waals surface area contributed by atoms with E-state index in [0.717, 1.165) is 18.8 Å². The predicted octanol–water partition coefficient (Wildman–Crippen LogP) is 2.57. The standard InChI is InChI=1S/C13H19N3OS/c1-4-16-8-12(6-15-16)17-9-11-5-13(7-14-3)18-10(11)2/h5-6,8,14H,4,7,9H2,1-3H3. The molecule has 98 valence electrons. The van der Waals surface area contributed by atoms with Crippen molar-refractivity contribution in [2.75, 3.05) is 7.05 Å². The molecule has 0 aliphatic heterocycles. The molecule has 0 spiro atoms. The summed E-state index contributed by atoms with van der Waals surface area (Å²) in [5.41, 5.74) is 1.26. The number of nitrogens with one attached hydrogen (secondary N) is 1. The summed E-state index contributed by atoms with van der Waals surface area (Å²) < 4.78 is 7.61. The van der Waals surface area contributed by atoms with E-state index in [1.165, 1.54) is 15.3 Å². The van der Waals surface area contributed by atoms with Gasteiger partial charge in [-0.05, 0) is 27.0 Å². The SMILES string of the molecule is CCn1cc(OCc2cc(CNC)sc2C)cn1. The maximum atomic E-state index is 5.75. The number of ether oxygens (including phenoxy) is 1. The molecule has 2 aromatic heterocycles. The first-order valence-corrected chi connectivity index (χ1v) is 6.92. The van der Waals surface area contributed by atoms with Gasteiger partial charge >= 0.3 is 0 Å². The van der Waals surface area contributed by atoms with Crippen molar-refractivity contribution in [3.05, 3.63) is 33.8 Å². The minimum Gasteiger partial charge on any atom is -0.486 e. The summed E-state index contributed by atoms with van der Waals surface area (Å²) >= 11 is 1.82. The third-order valence-corrected chi connectivity index (χ3v) is 3.84. The number of rotatable bonds is 6. The molecule has 1 N–H and O–H groups in total. The van der Waals surface area contributed by atoms with Crippen molar-refractivity contribution in [2.24, 2.45) is 0 Å². The molecule has 0 radical (unpaired) electrons. The molecule has 0 unspecified atom stereocenters. The van der Waals surface area contributed by atoms with Crippen LogP contribution in [0.5, 0.6) is 5.75 Å². The summed E-state index contributed by atoms with van der Waals surface area (Å²) in [6.07, 6.45) is 3.69. The second-order valence-electron chi connectivity index (χ2n) is 4.14. The fourth-order valence-corrected chi connectivity index (χ4v) is 2.81. The van der Waals surface area contributed by atoms with E-state index in [2.05, 4.69) is 30.3 Å². The van der Waals surface area contributed by atoms with Crippen LogP contribution in [0.15, 0.2) is 18.5 Å². The van der Waals surface area contributed by atoms with E-state index >= 15 is 0 Å². The highest BCUT2D eigenvalue weighted by Crippen LogP contribution is 2.23. The molecule has 0 saturated carbocycles. The summed E-state index contributed by atoms with van der Waals surface area (Å²) in [6.45, 7) is 6.59. The van der Waals surface area contributed by atoms with Gasteiger partial charge in [-0.25, -0.2) is 0 Å². The molecule has 0 aliphatic carbocycles. The van der Waals surface area contributed by atoms with Gasteiger partial charge in [-0.15, -0.1) is 11.3 Å². The normalized spacial score (nSPS) is 10.8. The van der Waals surface area contributed by atoms with Gasteiger partial charge in [0.15, 0.2) is 5.75 Å². The van der Waals surface area contributed by atoms with Crippen molar-refractivity contribution in [1.82, 2.24) is 15.1 Å². The van der Waals surface area contributed by atoms with Crippen LogP contribution in [0, 0.1) is 6.92 Å². The Kier molecular flexibility index (Phi) is 4.38. The molecule has 0 amide bonds. The zero-order valence-electron chi connectivity index (χ0n) is 11.1. The van der Waals surface area contributed by atoms with Crippen molar-refractivity contribution < 1.29 is 4.74 Å². The van der Waals surface area contributed by atoms with Gasteiger partial charge in [0.1, 0.15) is 6.61 Å². The highest BCUT2D eigenvalue weighted by atomic mass is 32.1. The molecule has 5 heteroatoms. The Bertz CT molecular complexity index is 504. The molecule has 2 aromatic rings. The molecule has 2 heterocycles. The summed E-state index contributed by atoms with van der Waals surface area (Å²) in [5.74, 6) is 0.831.